The molecule has 2 aromatic rings. The van der Waals surface area contributed by atoms with Crippen LogP contribution in [0.4, 0.5) is 0 Å². The number of para-hydroxylation sites is 1. The Morgan fingerprint density at radius 2 is 1.71 bits per heavy atom. The van der Waals surface area contributed by atoms with E-state index in [1.807, 2.05) is 31.2 Å². The molecule has 126 valence electrons. The first-order chi connectivity index (χ1) is 11.5. The van der Waals surface area contributed by atoms with E-state index in [0.29, 0.717) is 11.3 Å². The number of ether oxygens (including phenoxy) is 1. The Bertz CT molecular complexity index is 782. The number of nitrogens with zero attached hydrogens (tertiary/aromatic N) is 1. The maximum absolute atomic E-state index is 12.1. The average molecular weight is 326 g/mol. The van der Waals surface area contributed by atoms with Crippen LogP contribution in [0.5, 0.6) is 11.5 Å². The summed E-state index contributed by atoms with van der Waals surface area (Å²) in [5.41, 5.74) is 4.19. The fourth-order valence-corrected chi connectivity index (χ4v) is 2.33. The first-order valence-electron chi connectivity index (χ1n) is 7.66. The molecule has 5 nitrogen and oxygen atoms in total. The molecule has 0 aliphatic rings. The highest BCUT2D eigenvalue weighted by Gasteiger charge is 2.19. The summed E-state index contributed by atoms with van der Waals surface area (Å²) in [7, 11) is 2.95. The first kappa shape index (κ1) is 17.5. The maximum Gasteiger partial charge on any atom is 0.273 e. The standard InChI is InChI=1S/C19H22N2O3/c1-12-10-11-16(14(3)13(12)2)24-17-9-7-6-8-15(17)18(21-23-5)19(22)20-4/h6-11H,1-5H3,(H,20,22). The smallest absolute Gasteiger partial charge is 0.273 e. The highest BCUT2D eigenvalue weighted by molar-refractivity contribution is 6.45. The number of nitrogens with one attached hydrogen (secondary N) is 1. The van der Waals surface area contributed by atoms with Gasteiger partial charge in [0.05, 0.1) is 5.56 Å². The molecule has 1 N–H and O–H groups in total. The summed E-state index contributed by atoms with van der Waals surface area (Å²) in [6, 6.07) is 11.2. The lowest BCUT2D eigenvalue weighted by Crippen LogP contribution is -2.28. The van der Waals surface area contributed by atoms with Crippen molar-refractivity contribution in [3.05, 3.63) is 58.7 Å². The van der Waals surface area contributed by atoms with Gasteiger partial charge in [0.25, 0.3) is 5.91 Å². The van der Waals surface area contributed by atoms with E-state index in [4.69, 9.17) is 9.57 Å². The number of hydrogen-bond donors (Lipinski definition) is 1. The molecule has 0 fully saturated rings. The number of carbonyl (C=O) groups excluding carboxylic acids is 1. The Kier molecular flexibility index (Phi) is 5.58. The van der Waals surface area contributed by atoms with Gasteiger partial charge in [-0.1, -0.05) is 23.4 Å². The molecular formula is C19H22N2O3. The van der Waals surface area contributed by atoms with Crippen LogP contribution in [0.2, 0.25) is 0 Å². The monoisotopic (exact) mass is 326 g/mol. The highest BCUT2D eigenvalue weighted by atomic mass is 16.6. The van der Waals surface area contributed by atoms with Crippen LogP contribution in [0, 0.1) is 20.8 Å². The van der Waals surface area contributed by atoms with E-state index < -0.39 is 0 Å². The van der Waals surface area contributed by atoms with Gasteiger partial charge in [-0.3, -0.25) is 4.79 Å². The number of aryl methyl sites for hydroxylation is 1. The zero-order valence-corrected chi connectivity index (χ0v) is 14.6. The summed E-state index contributed by atoms with van der Waals surface area (Å²) in [6.07, 6.45) is 0. The zero-order valence-electron chi connectivity index (χ0n) is 14.6. The highest BCUT2D eigenvalue weighted by Crippen LogP contribution is 2.31. The van der Waals surface area contributed by atoms with Crippen LogP contribution in [0.15, 0.2) is 41.6 Å². The third kappa shape index (κ3) is 3.56. The second-order valence-electron chi connectivity index (χ2n) is 5.43. The second kappa shape index (κ2) is 7.64. The van der Waals surface area contributed by atoms with Crippen LogP contribution in [0.1, 0.15) is 22.3 Å². The second-order valence-corrected chi connectivity index (χ2v) is 5.43. The summed E-state index contributed by atoms with van der Waals surface area (Å²) >= 11 is 0. The van der Waals surface area contributed by atoms with E-state index in [0.717, 1.165) is 11.3 Å². The van der Waals surface area contributed by atoms with Gasteiger partial charge in [-0.2, -0.15) is 0 Å². The average Bonchev–Trinajstić information content (AvgIpc) is 2.60. The first-order valence-corrected chi connectivity index (χ1v) is 7.66. The van der Waals surface area contributed by atoms with E-state index in [1.54, 1.807) is 19.2 Å². The number of oxime groups is 1. The van der Waals surface area contributed by atoms with Crippen molar-refractivity contribution >= 4 is 11.6 Å². The van der Waals surface area contributed by atoms with Gasteiger partial charge >= 0.3 is 0 Å². The molecule has 0 aliphatic carbocycles. The van der Waals surface area contributed by atoms with E-state index in [9.17, 15) is 4.79 Å². The molecule has 0 heterocycles. The Morgan fingerprint density at radius 3 is 2.38 bits per heavy atom. The quantitative estimate of drug-likeness (QED) is 0.676. The molecule has 0 saturated heterocycles. The van der Waals surface area contributed by atoms with E-state index in [-0.39, 0.29) is 11.6 Å². The van der Waals surface area contributed by atoms with Gasteiger partial charge in [-0.25, -0.2) is 0 Å². The van der Waals surface area contributed by atoms with Crippen LogP contribution < -0.4 is 10.1 Å². The van der Waals surface area contributed by atoms with Gasteiger partial charge in [0.1, 0.15) is 18.6 Å². The minimum Gasteiger partial charge on any atom is -0.456 e. The lowest BCUT2D eigenvalue weighted by atomic mass is 10.0. The number of hydrogen-bond acceptors (Lipinski definition) is 4. The van der Waals surface area contributed by atoms with E-state index >= 15 is 0 Å². The number of rotatable bonds is 5. The van der Waals surface area contributed by atoms with Gasteiger partial charge in [0, 0.05) is 7.05 Å². The fourth-order valence-electron chi connectivity index (χ4n) is 2.33. The Hall–Kier alpha value is -2.82. The topological polar surface area (TPSA) is 59.9 Å². The van der Waals surface area contributed by atoms with E-state index in [2.05, 4.69) is 24.3 Å². The number of benzene rings is 2. The molecular weight excluding hydrogens is 304 g/mol. The molecule has 0 aromatic heterocycles. The van der Waals surface area contributed by atoms with Gasteiger partial charge in [-0.05, 0) is 55.7 Å². The predicted octanol–water partition coefficient (Wildman–Crippen LogP) is 3.50. The molecule has 2 aromatic carbocycles. The summed E-state index contributed by atoms with van der Waals surface area (Å²) in [5.74, 6) is 0.951. The van der Waals surface area contributed by atoms with Crippen molar-refractivity contribution in [2.24, 2.45) is 5.16 Å². The third-order valence-corrected chi connectivity index (χ3v) is 4.00. The molecule has 0 aliphatic heterocycles. The van der Waals surface area contributed by atoms with Crippen molar-refractivity contribution in [1.29, 1.82) is 0 Å². The van der Waals surface area contributed by atoms with Gasteiger partial charge < -0.3 is 14.9 Å². The van der Waals surface area contributed by atoms with Crippen LogP contribution >= 0.6 is 0 Å². The summed E-state index contributed by atoms with van der Waals surface area (Å²) in [4.78, 5) is 16.9. The lowest BCUT2D eigenvalue weighted by molar-refractivity contribution is -0.114. The van der Waals surface area contributed by atoms with E-state index in [1.165, 1.54) is 18.2 Å². The molecule has 0 bridgehead atoms. The molecule has 0 atom stereocenters. The van der Waals surface area contributed by atoms with Crippen molar-refractivity contribution in [3.63, 3.8) is 0 Å². The molecule has 1 amide bonds. The van der Waals surface area contributed by atoms with Gasteiger partial charge in [0.15, 0.2) is 5.71 Å². The predicted molar refractivity (Wildman–Crippen MR) is 94.8 cm³/mol. The van der Waals surface area contributed by atoms with Crippen molar-refractivity contribution in [2.75, 3.05) is 14.2 Å². The Morgan fingerprint density at radius 1 is 1.00 bits per heavy atom. The van der Waals surface area contributed by atoms with Crippen molar-refractivity contribution in [2.45, 2.75) is 20.8 Å². The molecule has 5 heteroatoms. The number of likely N-dealkylation sites (N-methyl/N-ethyl adjacent to an activating group) is 1. The summed E-state index contributed by atoms with van der Waals surface area (Å²) < 4.78 is 6.08. The van der Waals surface area contributed by atoms with Crippen LogP contribution in [-0.2, 0) is 9.63 Å². The third-order valence-electron chi connectivity index (χ3n) is 4.00. The Balaban J connectivity index is 2.48. The van der Waals surface area contributed by atoms with Gasteiger partial charge in [0.2, 0.25) is 0 Å². The summed E-state index contributed by atoms with van der Waals surface area (Å²) in [5, 5.41) is 6.41. The van der Waals surface area contributed by atoms with Crippen molar-refractivity contribution in [1.82, 2.24) is 5.32 Å². The lowest BCUT2D eigenvalue weighted by Gasteiger charge is -2.15. The molecule has 0 spiro atoms. The molecule has 24 heavy (non-hydrogen) atoms. The zero-order chi connectivity index (χ0) is 17.7. The number of amides is 1. The minimum absolute atomic E-state index is 0.164. The maximum atomic E-state index is 12.1. The minimum atomic E-state index is -0.343. The van der Waals surface area contributed by atoms with Gasteiger partial charge in [-0.15, -0.1) is 0 Å². The molecule has 0 unspecified atom stereocenters. The van der Waals surface area contributed by atoms with Crippen LogP contribution in [0.3, 0.4) is 0 Å². The normalized spacial score (nSPS) is 11.1. The molecule has 0 saturated carbocycles. The Labute approximate surface area is 142 Å². The van der Waals surface area contributed by atoms with Crippen LogP contribution in [0.25, 0.3) is 0 Å². The van der Waals surface area contributed by atoms with Crippen LogP contribution in [-0.4, -0.2) is 25.8 Å². The fraction of sp³-hybridized carbons (Fsp3) is 0.263. The summed E-state index contributed by atoms with van der Waals surface area (Å²) in [6.45, 7) is 6.14. The SMILES string of the molecule is CNC(=O)C(=NOC)c1ccccc1Oc1ccc(C)c(C)c1C. The van der Waals surface area contributed by atoms with Crippen molar-refractivity contribution < 1.29 is 14.4 Å². The molecule has 2 rings (SSSR count). The molecule has 0 radical (unpaired) electrons. The number of carbonyl (C=O) groups is 1. The van der Waals surface area contributed by atoms with Crippen molar-refractivity contribution in [3.8, 4) is 11.5 Å². The largest absolute Gasteiger partial charge is 0.456 e.